The zero-order chi connectivity index (χ0) is 20.4. The van der Waals surface area contributed by atoms with Crippen molar-refractivity contribution >= 4 is 16.8 Å². The second-order valence-corrected chi connectivity index (χ2v) is 8.38. The average molecular weight is 396 g/mol. The van der Waals surface area contributed by atoms with Crippen LogP contribution in [0.5, 0.6) is 0 Å². The Morgan fingerprint density at radius 3 is 2.97 bits per heavy atom. The van der Waals surface area contributed by atoms with E-state index >= 15 is 0 Å². The number of nitrogens with zero attached hydrogens (tertiary/aromatic N) is 3. The van der Waals surface area contributed by atoms with Crippen LogP contribution in [-0.4, -0.2) is 31.3 Å². The van der Waals surface area contributed by atoms with Gasteiger partial charge in [0.2, 0.25) is 5.91 Å². The number of H-pyrrole nitrogens is 1. The summed E-state index contributed by atoms with van der Waals surface area (Å²) in [6.45, 7) is 5.57. The van der Waals surface area contributed by atoms with E-state index in [1.54, 1.807) is 9.25 Å². The van der Waals surface area contributed by atoms with E-state index in [0.717, 1.165) is 41.6 Å². The molecule has 1 atom stereocenters. The molecule has 0 bridgehead atoms. The Morgan fingerprint density at radius 1 is 1.31 bits per heavy atom. The lowest BCUT2D eigenvalue weighted by atomic mass is 10.1. The van der Waals surface area contributed by atoms with Crippen LogP contribution in [0.3, 0.4) is 0 Å². The lowest BCUT2D eigenvalue weighted by molar-refractivity contribution is -0.121. The minimum Gasteiger partial charge on any atom is -0.361 e. The molecule has 2 N–H and O–H groups in total. The maximum Gasteiger partial charge on any atom is 0.345 e. The lowest BCUT2D eigenvalue weighted by Crippen LogP contribution is -2.36. The van der Waals surface area contributed by atoms with Gasteiger partial charge in [0.05, 0.1) is 6.42 Å². The van der Waals surface area contributed by atoms with E-state index in [1.165, 1.54) is 0 Å². The molecule has 0 aliphatic carbocycles. The lowest BCUT2D eigenvalue weighted by Gasteiger charge is -2.16. The smallest absolute Gasteiger partial charge is 0.345 e. The number of hydrogen-bond acceptors (Lipinski definition) is 3. The van der Waals surface area contributed by atoms with E-state index in [9.17, 15) is 9.59 Å². The monoisotopic (exact) mass is 395 g/mol. The third-order valence-corrected chi connectivity index (χ3v) is 5.73. The Kier molecular flexibility index (Phi) is 5.56. The van der Waals surface area contributed by atoms with Crippen LogP contribution < -0.4 is 11.0 Å². The Hall–Kier alpha value is -2.83. The highest BCUT2D eigenvalue weighted by Crippen LogP contribution is 2.18. The van der Waals surface area contributed by atoms with Gasteiger partial charge in [-0.25, -0.2) is 9.48 Å². The fourth-order valence-corrected chi connectivity index (χ4v) is 4.03. The van der Waals surface area contributed by atoms with Gasteiger partial charge in [0.15, 0.2) is 0 Å². The van der Waals surface area contributed by atoms with E-state index in [1.807, 2.05) is 30.5 Å². The molecule has 2 aromatic heterocycles. The van der Waals surface area contributed by atoms with Crippen molar-refractivity contribution in [1.82, 2.24) is 24.6 Å². The van der Waals surface area contributed by atoms with Crippen molar-refractivity contribution in [2.24, 2.45) is 5.92 Å². The van der Waals surface area contributed by atoms with Crippen LogP contribution in [0.25, 0.3) is 10.9 Å². The van der Waals surface area contributed by atoms with Gasteiger partial charge in [-0.2, -0.15) is 5.10 Å². The van der Waals surface area contributed by atoms with Crippen LogP contribution in [-0.2, 0) is 30.7 Å². The minimum absolute atomic E-state index is 0.0218. The van der Waals surface area contributed by atoms with E-state index in [-0.39, 0.29) is 17.6 Å². The van der Waals surface area contributed by atoms with E-state index in [4.69, 9.17) is 0 Å². The van der Waals surface area contributed by atoms with Crippen LogP contribution in [0.4, 0.5) is 0 Å². The Morgan fingerprint density at radius 2 is 2.14 bits per heavy atom. The number of amides is 1. The zero-order valence-electron chi connectivity index (χ0n) is 17.1. The fraction of sp³-hybridized carbons (Fsp3) is 0.500. The molecule has 0 saturated heterocycles. The highest BCUT2D eigenvalue weighted by molar-refractivity contribution is 5.88. The summed E-state index contributed by atoms with van der Waals surface area (Å²) in [5, 5.41) is 8.79. The third-order valence-electron chi connectivity index (χ3n) is 5.73. The molecule has 1 aromatic carbocycles. The van der Waals surface area contributed by atoms with Gasteiger partial charge in [-0.3, -0.25) is 9.36 Å². The molecule has 7 nitrogen and oxygen atoms in total. The number of para-hydroxylation sites is 1. The standard InChI is InChI=1S/C22H29N5O2/c1-15(2)9-12-27-22(29)26-11-10-17(7-8-20(26)25-27)24-21(28)13-16-14-23-19-6-4-3-5-18(16)19/h3-6,14-15,17,23H,7-13H2,1-2H3,(H,24,28). The largest absolute Gasteiger partial charge is 0.361 e. The number of aromatic nitrogens is 4. The molecule has 4 rings (SSSR count). The first-order valence-corrected chi connectivity index (χ1v) is 10.5. The van der Waals surface area contributed by atoms with Crippen molar-refractivity contribution in [2.45, 2.75) is 65.1 Å². The minimum atomic E-state index is -0.0218. The van der Waals surface area contributed by atoms with E-state index in [0.29, 0.717) is 31.8 Å². The first kappa shape index (κ1) is 19.5. The first-order chi connectivity index (χ1) is 14.0. The number of hydrogen-bond donors (Lipinski definition) is 2. The first-order valence-electron chi connectivity index (χ1n) is 10.5. The number of carbonyl (C=O) groups excluding carboxylic acids is 1. The second-order valence-electron chi connectivity index (χ2n) is 8.38. The quantitative estimate of drug-likeness (QED) is 0.673. The molecule has 1 aliphatic heterocycles. The van der Waals surface area contributed by atoms with Gasteiger partial charge in [0.25, 0.3) is 0 Å². The zero-order valence-corrected chi connectivity index (χ0v) is 17.1. The van der Waals surface area contributed by atoms with Gasteiger partial charge in [-0.1, -0.05) is 32.0 Å². The number of rotatable bonds is 6. The molecule has 0 saturated carbocycles. The average Bonchev–Trinajstić information content (AvgIpc) is 3.16. The van der Waals surface area contributed by atoms with Crippen molar-refractivity contribution in [3.8, 4) is 0 Å². The highest BCUT2D eigenvalue weighted by Gasteiger charge is 2.22. The Balaban J connectivity index is 1.36. The molecule has 3 heterocycles. The fourth-order valence-electron chi connectivity index (χ4n) is 4.03. The highest BCUT2D eigenvalue weighted by atomic mass is 16.2. The number of nitrogens with one attached hydrogen (secondary N) is 2. The van der Waals surface area contributed by atoms with Gasteiger partial charge in [-0.15, -0.1) is 0 Å². The summed E-state index contributed by atoms with van der Waals surface area (Å²) in [5.41, 5.74) is 2.03. The summed E-state index contributed by atoms with van der Waals surface area (Å²) >= 11 is 0. The molecular weight excluding hydrogens is 366 g/mol. The summed E-state index contributed by atoms with van der Waals surface area (Å²) in [4.78, 5) is 28.4. The van der Waals surface area contributed by atoms with Crippen LogP contribution in [0.1, 0.15) is 44.5 Å². The predicted octanol–water partition coefficient (Wildman–Crippen LogP) is 2.64. The molecule has 1 amide bonds. The van der Waals surface area contributed by atoms with Crippen LogP contribution in [0.2, 0.25) is 0 Å². The Labute approximate surface area is 170 Å². The molecule has 0 spiro atoms. The molecule has 7 heteroatoms. The van der Waals surface area contributed by atoms with Crippen molar-refractivity contribution in [2.75, 3.05) is 0 Å². The van der Waals surface area contributed by atoms with Crippen molar-refractivity contribution in [3.05, 3.63) is 52.3 Å². The van der Waals surface area contributed by atoms with Gasteiger partial charge in [0, 0.05) is 42.7 Å². The van der Waals surface area contributed by atoms with Crippen LogP contribution >= 0.6 is 0 Å². The predicted molar refractivity (Wildman–Crippen MR) is 113 cm³/mol. The second kappa shape index (κ2) is 8.27. The van der Waals surface area contributed by atoms with E-state index < -0.39 is 0 Å². The van der Waals surface area contributed by atoms with Gasteiger partial charge in [0.1, 0.15) is 5.82 Å². The summed E-state index contributed by atoms with van der Waals surface area (Å²) < 4.78 is 3.39. The molecule has 1 aliphatic rings. The molecule has 0 radical (unpaired) electrons. The van der Waals surface area contributed by atoms with Crippen molar-refractivity contribution in [3.63, 3.8) is 0 Å². The van der Waals surface area contributed by atoms with Crippen molar-refractivity contribution < 1.29 is 4.79 Å². The number of aryl methyl sites for hydroxylation is 2. The maximum absolute atomic E-state index is 12.6. The number of benzene rings is 1. The van der Waals surface area contributed by atoms with E-state index in [2.05, 4.69) is 29.2 Å². The topological polar surface area (TPSA) is 84.7 Å². The maximum atomic E-state index is 12.6. The molecule has 0 fully saturated rings. The van der Waals surface area contributed by atoms with Gasteiger partial charge < -0.3 is 10.3 Å². The Bertz CT molecular complexity index is 1060. The summed E-state index contributed by atoms with van der Waals surface area (Å²) in [5.74, 6) is 1.40. The number of carbonyl (C=O) groups is 1. The summed E-state index contributed by atoms with van der Waals surface area (Å²) in [6, 6.07) is 8.07. The molecule has 1 unspecified atom stereocenters. The summed E-state index contributed by atoms with van der Waals surface area (Å²) in [6.07, 6.45) is 5.48. The number of aromatic amines is 1. The third kappa shape index (κ3) is 4.28. The molecular formula is C22H29N5O2. The molecule has 3 aromatic rings. The number of fused-ring (bicyclic) bond motifs is 2. The van der Waals surface area contributed by atoms with Gasteiger partial charge in [-0.05, 0) is 36.8 Å². The normalized spacial score (nSPS) is 16.7. The molecule has 29 heavy (non-hydrogen) atoms. The van der Waals surface area contributed by atoms with Gasteiger partial charge >= 0.3 is 5.69 Å². The molecule has 154 valence electrons. The van der Waals surface area contributed by atoms with Crippen molar-refractivity contribution in [1.29, 1.82) is 0 Å². The van der Waals surface area contributed by atoms with Crippen LogP contribution in [0, 0.1) is 5.92 Å². The van der Waals surface area contributed by atoms with Crippen LogP contribution in [0.15, 0.2) is 35.3 Å². The SMILES string of the molecule is CC(C)CCn1nc2n(c1=O)CCC(NC(=O)Cc1c[nH]c3ccccc13)CC2. The summed E-state index contributed by atoms with van der Waals surface area (Å²) in [7, 11) is 0.